The summed E-state index contributed by atoms with van der Waals surface area (Å²) in [6.07, 6.45) is 8.08. The molecule has 0 bridgehead atoms. The third-order valence-electron chi connectivity index (χ3n) is 3.93. The van der Waals surface area contributed by atoms with E-state index in [0.29, 0.717) is 6.61 Å². The molecule has 0 atom stereocenters. The molecule has 3 rings (SSSR count). The van der Waals surface area contributed by atoms with Gasteiger partial charge in [-0.2, -0.15) is 0 Å². The maximum absolute atomic E-state index is 5.74. The molecule has 0 spiro atoms. The summed E-state index contributed by atoms with van der Waals surface area (Å²) < 4.78 is 11.5. The van der Waals surface area contributed by atoms with Gasteiger partial charge in [0.15, 0.2) is 0 Å². The highest BCUT2D eigenvalue weighted by Crippen LogP contribution is 2.25. The van der Waals surface area contributed by atoms with Crippen LogP contribution < -0.4 is 5.32 Å². The van der Waals surface area contributed by atoms with Crippen LogP contribution in [0.2, 0.25) is 0 Å². The average molecular weight is 249 g/mol. The second-order valence-electron chi connectivity index (χ2n) is 5.69. The van der Waals surface area contributed by atoms with E-state index < -0.39 is 0 Å². The lowest BCUT2D eigenvalue weighted by molar-refractivity contribution is 0.0764. The van der Waals surface area contributed by atoms with Crippen LogP contribution in [0.25, 0.3) is 0 Å². The molecule has 100 valence electrons. The number of hydrogen-bond acceptors (Lipinski definition) is 3. The number of hydrogen-bond donors (Lipinski definition) is 1. The predicted octanol–water partition coefficient (Wildman–Crippen LogP) is 3.24. The van der Waals surface area contributed by atoms with Crippen molar-refractivity contribution in [2.45, 2.75) is 57.7 Å². The van der Waals surface area contributed by atoms with Crippen molar-refractivity contribution in [3.05, 3.63) is 23.7 Å². The molecule has 1 N–H and O–H groups in total. The van der Waals surface area contributed by atoms with Crippen molar-refractivity contribution >= 4 is 0 Å². The SMILES string of the molecule is c1cc(COCC2CCCC2)oc1CNC1CC1. The molecule has 1 heterocycles. The molecule has 1 aromatic heterocycles. The van der Waals surface area contributed by atoms with E-state index in [1.54, 1.807) is 0 Å². The Hall–Kier alpha value is -0.800. The summed E-state index contributed by atoms with van der Waals surface area (Å²) in [7, 11) is 0. The van der Waals surface area contributed by atoms with Gasteiger partial charge in [-0.1, -0.05) is 12.8 Å². The van der Waals surface area contributed by atoms with Crippen molar-refractivity contribution in [2.75, 3.05) is 6.61 Å². The van der Waals surface area contributed by atoms with Gasteiger partial charge in [0, 0.05) is 12.6 Å². The molecule has 3 heteroatoms. The van der Waals surface area contributed by atoms with E-state index in [2.05, 4.69) is 11.4 Å². The van der Waals surface area contributed by atoms with Gasteiger partial charge in [-0.25, -0.2) is 0 Å². The molecule has 3 nitrogen and oxygen atoms in total. The third-order valence-corrected chi connectivity index (χ3v) is 3.93. The standard InChI is InChI=1S/C15H23NO2/c1-2-4-12(3-1)10-17-11-15-8-7-14(18-15)9-16-13-5-6-13/h7-8,12-13,16H,1-6,9-11H2. The van der Waals surface area contributed by atoms with Crippen LogP contribution in [0.4, 0.5) is 0 Å². The molecule has 2 fully saturated rings. The smallest absolute Gasteiger partial charge is 0.129 e. The van der Waals surface area contributed by atoms with Gasteiger partial charge in [0.1, 0.15) is 18.1 Å². The Bertz CT molecular complexity index is 364. The summed E-state index contributed by atoms with van der Waals surface area (Å²) in [6.45, 7) is 2.38. The van der Waals surface area contributed by atoms with Crippen molar-refractivity contribution in [3.8, 4) is 0 Å². The highest BCUT2D eigenvalue weighted by Gasteiger charge is 2.20. The Morgan fingerprint density at radius 2 is 1.89 bits per heavy atom. The molecule has 0 aromatic carbocycles. The van der Waals surface area contributed by atoms with Gasteiger partial charge in [-0.15, -0.1) is 0 Å². The van der Waals surface area contributed by atoms with Crippen LogP contribution in [0.1, 0.15) is 50.0 Å². The van der Waals surface area contributed by atoms with Crippen LogP contribution in [0.15, 0.2) is 16.5 Å². The molecule has 2 aliphatic rings. The van der Waals surface area contributed by atoms with Crippen LogP contribution in [0.5, 0.6) is 0 Å². The topological polar surface area (TPSA) is 34.4 Å². The van der Waals surface area contributed by atoms with Gasteiger partial charge in [0.05, 0.1) is 6.54 Å². The number of nitrogens with one attached hydrogen (secondary N) is 1. The van der Waals surface area contributed by atoms with Crippen molar-refractivity contribution < 1.29 is 9.15 Å². The minimum absolute atomic E-state index is 0.625. The van der Waals surface area contributed by atoms with E-state index in [4.69, 9.17) is 9.15 Å². The largest absolute Gasteiger partial charge is 0.462 e. The summed E-state index contributed by atoms with van der Waals surface area (Å²) in [4.78, 5) is 0. The van der Waals surface area contributed by atoms with Crippen molar-refractivity contribution in [1.29, 1.82) is 0 Å². The zero-order valence-electron chi connectivity index (χ0n) is 11.0. The van der Waals surface area contributed by atoms with Crippen LogP contribution in [0.3, 0.4) is 0 Å². The average Bonchev–Trinajstić information content (AvgIpc) is 2.89. The fourth-order valence-corrected chi connectivity index (χ4v) is 2.63. The highest BCUT2D eigenvalue weighted by molar-refractivity contribution is 5.06. The maximum Gasteiger partial charge on any atom is 0.129 e. The minimum atomic E-state index is 0.625. The van der Waals surface area contributed by atoms with E-state index in [1.165, 1.54) is 38.5 Å². The van der Waals surface area contributed by atoms with Crippen molar-refractivity contribution in [1.82, 2.24) is 5.32 Å². The van der Waals surface area contributed by atoms with Gasteiger partial charge in [-0.3, -0.25) is 0 Å². The van der Waals surface area contributed by atoms with Crippen LogP contribution in [-0.4, -0.2) is 12.6 Å². The summed E-state index contributed by atoms with van der Waals surface area (Å²) in [5.74, 6) is 2.78. The molecular weight excluding hydrogens is 226 g/mol. The van der Waals surface area contributed by atoms with Gasteiger partial charge in [0.2, 0.25) is 0 Å². The van der Waals surface area contributed by atoms with Gasteiger partial charge < -0.3 is 14.5 Å². The lowest BCUT2D eigenvalue weighted by atomic mass is 10.1. The first-order valence-corrected chi connectivity index (χ1v) is 7.29. The number of furan rings is 1. The molecule has 0 radical (unpaired) electrons. The molecule has 0 saturated heterocycles. The lowest BCUT2D eigenvalue weighted by Gasteiger charge is -2.08. The van der Waals surface area contributed by atoms with Crippen LogP contribution in [-0.2, 0) is 17.9 Å². The van der Waals surface area contributed by atoms with Gasteiger partial charge >= 0.3 is 0 Å². The zero-order valence-corrected chi connectivity index (χ0v) is 11.0. The molecule has 18 heavy (non-hydrogen) atoms. The molecule has 1 aromatic rings. The van der Waals surface area contributed by atoms with Gasteiger partial charge in [0.25, 0.3) is 0 Å². The first-order valence-electron chi connectivity index (χ1n) is 7.29. The van der Waals surface area contributed by atoms with Gasteiger partial charge in [-0.05, 0) is 43.7 Å². The molecule has 0 amide bonds. The Kier molecular flexibility index (Phi) is 4.01. The van der Waals surface area contributed by atoms with E-state index >= 15 is 0 Å². The minimum Gasteiger partial charge on any atom is -0.462 e. The second kappa shape index (κ2) is 5.89. The monoisotopic (exact) mass is 249 g/mol. The number of rotatable bonds is 7. The van der Waals surface area contributed by atoms with Crippen LogP contribution in [0, 0.1) is 5.92 Å². The van der Waals surface area contributed by atoms with E-state index in [-0.39, 0.29) is 0 Å². The zero-order chi connectivity index (χ0) is 12.2. The first-order chi connectivity index (χ1) is 8.90. The second-order valence-corrected chi connectivity index (χ2v) is 5.69. The molecule has 0 aliphatic heterocycles. The lowest BCUT2D eigenvalue weighted by Crippen LogP contribution is -2.14. The molecule has 0 unspecified atom stereocenters. The van der Waals surface area contributed by atoms with Crippen molar-refractivity contribution in [2.24, 2.45) is 5.92 Å². The quantitative estimate of drug-likeness (QED) is 0.805. The summed E-state index contributed by atoms with van der Waals surface area (Å²) in [5.41, 5.74) is 0. The predicted molar refractivity (Wildman–Crippen MR) is 70.2 cm³/mol. The number of ether oxygens (including phenoxy) is 1. The molecule has 2 aliphatic carbocycles. The van der Waals surface area contributed by atoms with Crippen LogP contribution >= 0.6 is 0 Å². The third kappa shape index (κ3) is 3.59. The molecule has 2 saturated carbocycles. The Morgan fingerprint density at radius 1 is 1.11 bits per heavy atom. The highest BCUT2D eigenvalue weighted by atomic mass is 16.5. The Morgan fingerprint density at radius 3 is 2.67 bits per heavy atom. The Labute approximate surface area is 109 Å². The first kappa shape index (κ1) is 12.2. The maximum atomic E-state index is 5.74. The van der Waals surface area contributed by atoms with Crippen molar-refractivity contribution in [3.63, 3.8) is 0 Å². The summed E-state index contributed by atoms with van der Waals surface area (Å²) in [6, 6.07) is 4.83. The summed E-state index contributed by atoms with van der Waals surface area (Å²) in [5, 5.41) is 3.45. The van der Waals surface area contributed by atoms with E-state index in [0.717, 1.165) is 36.6 Å². The summed E-state index contributed by atoms with van der Waals surface area (Å²) >= 11 is 0. The fraction of sp³-hybridized carbons (Fsp3) is 0.733. The normalized spacial score (nSPS) is 20.7. The van der Waals surface area contributed by atoms with E-state index in [1.807, 2.05) is 6.07 Å². The van der Waals surface area contributed by atoms with E-state index in [9.17, 15) is 0 Å². The fourth-order valence-electron chi connectivity index (χ4n) is 2.63. The Balaban J connectivity index is 1.36. The molecular formula is C15H23NO2.